The van der Waals surface area contributed by atoms with Crippen molar-refractivity contribution in [2.24, 2.45) is 0 Å². The number of aromatic nitrogens is 2. The van der Waals surface area contributed by atoms with Crippen molar-refractivity contribution in [3.63, 3.8) is 0 Å². The molecule has 1 saturated carbocycles. The Balaban J connectivity index is 2.07. The highest BCUT2D eigenvalue weighted by Crippen LogP contribution is 2.37. The molecule has 1 aliphatic rings. The Bertz CT molecular complexity index is 252. The Morgan fingerprint density at radius 3 is 2.82 bits per heavy atom. The molecule has 1 heterocycles. The molecule has 0 aliphatic heterocycles. The van der Waals surface area contributed by atoms with Crippen molar-refractivity contribution in [1.82, 2.24) is 10.2 Å². The summed E-state index contributed by atoms with van der Waals surface area (Å²) in [6, 6.07) is 1.77. The lowest BCUT2D eigenvalue weighted by Crippen LogP contribution is -2.22. The van der Waals surface area contributed by atoms with Gasteiger partial charge in [0.25, 0.3) is 0 Å². The molecule has 1 fully saturated rings. The van der Waals surface area contributed by atoms with Gasteiger partial charge >= 0.3 is 0 Å². The maximum atomic E-state index is 12.4. The van der Waals surface area contributed by atoms with Crippen molar-refractivity contribution in [2.45, 2.75) is 24.9 Å². The van der Waals surface area contributed by atoms with E-state index in [2.05, 4.69) is 10.2 Å². The van der Waals surface area contributed by atoms with Gasteiger partial charge in [-0.15, -0.1) is 0 Å². The van der Waals surface area contributed by atoms with E-state index in [4.69, 9.17) is 5.73 Å². The van der Waals surface area contributed by atoms with Gasteiger partial charge in [0.1, 0.15) is 12.0 Å². The largest absolute Gasteiger partial charge is 0.382 e. The lowest BCUT2D eigenvalue weighted by atomic mass is 9.81. The smallest absolute Gasteiger partial charge is 0.145 e. The molecule has 0 aromatic carbocycles. The molecule has 0 saturated heterocycles. The molecule has 0 radical (unpaired) electrons. The fourth-order valence-electron chi connectivity index (χ4n) is 1.36. The lowest BCUT2D eigenvalue weighted by molar-refractivity contribution is 0.176. The van der Waals surface area contributed by atoms with Crippen LogP contribution in [-0.4, -0.2) is 16.4 Å². The van der Waals surface area contributed by atoms with E-state index in [0.29, 0.717) is 24.6 Å². The summed E-state index contributed by atoms with van der Waals surface area (Å²) in [5.74, 6) is 0.803. The summed E-state index contributed by atoms with van der Waals surface area (Å²) in [7, 11) is 0. The lowest BCUT2D eigenvalue weighted by Gasteiger charge is -2.28. The highest BCUT2D eigenvalue weighted by atomic mass is 19.1. The van der Waals surface area contributed by atoms with Crippen LogP contribution in [0, 0.1) is 0 Å². The van der Waals surface area contributed by atoms with Gasteiger partial charge in [-0.25, -0.2) is 4.39 Å². The van der Waals surface area contributed by atoms with Crippen LogP contribution in [0.5, 0.6) is 0 Å². The standard InChI is InChI=1S/C7H10FN3/c8-5-1-4(2-5)6-3-7(9)11-10-6/h3-5H,1-2H2,(H3,9,10,11). The van der Waals surface area contributed by atoms with E-state index < -0.39 is 6.17 Å². The summed E-state index contributed by atoms with van der Waals surface area (Å²) in [6.45, 7) is 0. The Morgan fingerprint density at radius 1 is 1.64 bits per heavy atom. The second-order valence-corrected chi connectivity index (χ2v) is 3.01. The average molecular weight is 155 g/mol. The van der Waals surface area contributed by atoms with E-state index >= 15 is 0 Å². The van der Waals surface area contributed by atoms with Gasteiger partial charge in [-0.3, -0.25) is 5.10 Å². The van der Waals surface area contributed by atoms with Crippen LogP contribution in [-0.2, 0) is 0 Å². The zero-order valence-corrected chi connectivity index (χ0v) is 6.05. The van der Waals surface area contributed by atoms with E-state index in [1.165, 1.54) is 0 Å². The van der Waals surface area contributed by atoms with Gasteiger partial charge in [0.15, 0.2) is 0 Å². The second-order valence-electron chi connectivity index (χ2n) is 3.01. The number of rotatable bonds is 1. The fraction of sp³-hybridized carbons (Fsp3) is 0.571. The summed E-state index contributed by atoms with van der Waals surface area (Å²) in [5, 5.41) is 6.56. The predicted octanol–water partition coefficient (Wildman–Crippen LogP) is 1.21. The van der Waals surface area contributed by atoms with Crippen LogP contribution < -0.4 is 5.73 Å². The van der Waals surface area contributed by atoms with Crippen LogP contribution in [0.2, 0.25) is 0 Å². The van der Waals surface area contributed by atoms with Crippen molar-refractivity contribution >= 4 is 5.82 Å². The summed E-state index contributed by atoms with van der Waals surface area (Å²) in [6.07, 6.45) is 0.605. The molecule has 11 heavy (non-hydrogen) atoms. The quantitative estimate of drug-likeness (QED) is 0.640. The zero-order chi connectivity index (χ0) is 7.84. The molecule has 3 N–H and O–H groups in total. The fourth-order valence-corrected chi connectivity index (χ4v) is 1.36. The first-order valence-corrected chi connectivity index (χ1v) is 3.70. The van der Waals surface area contributed by atoms with Gasteiger partial charge in [0.2, 0.25) is 0 Å². The number of nitrogens with two attached hydrogens (primary N) is 1. The Hall–Kier alpha value is -1.06. The normalized spacial score (nSPS) is 29.9. The van der Waals surface area contributed by atoms with E-state index in [9.17, 15) is 4.39 Å². The number of nitrogens with one attached hydrogen (secondary N) is 1. The molecule has 1 aliphatic carbocycles. The average Bonchev–Trinajstić information content (AvgIpc) is 2.29. The summed E-state index contributed by atoms with van der Waals surface area (Å²) < 4.78 is 12.4. The maximum Gasteiger partial charge on any atom is 0.145 e. The first-order chi connectivity index (χ1) is 5.25. The number of hydrogen-bond donors (Lipinski definition) is 2. The molecule has 0 atom stereocenters. The monoisotopic (exact) mass is 155 g/mol. The molecule has 0 bridgehead atoms. The molecule has 0 unspecified atom stereocenters. The Labute approximate surface area is 63.8 Å². The van der Waals surface area contributed by atoms with Crippen LogP contribution in [0.4, 0.5) is 10.2 Å². The minimum atomic E-state index is -0.621. The number of alkyl halides is 1. The molecular formula is C7H10FN3. The summed E-state index contributed by atoms with van der Waals surface area (Å²) >= 11 is 0. The number of nitrogens with zero attached hydrogens (tertiary/aromatic N) is 1. The molecular weight excluding hydrogens is 145 g/mol. The van der Waals surface area contributed by atoms with Gasteiger partial charge in [0, 0.05) is 17.7 Å². The van der Waals surface area contributed by atoms with Gasteiger partial charge < -0.3 is 5.73 Å². The highest BCUT2D eigenvalue weighted by molar-refractivity contribution is 5.31. The topological polar surface area (TPSA) is 54.7 Å². The highest BCUT2D eigenvalue weighted by Gasteiger charge is 2.31. The molecule has 3 nitrogen and oxygen atoms in total. The van der Waals surface area contributed by atoms with Crippen LogP contribution in [0.25, 0.3) is 0 Å². The molecule has 0 spiro atoms. The molecule has 2 rings (SSSR count). The van der Waals surface area contributed by atoms with Gasteiger partial charge in [0.05, 0.1) is 0 Å². The van der Waals surface area contributed by atoms with Crippen LogP contribution in [0.1, 0.15) is 24.5 Å². The number of anilines is 1. The molecule has 1 aromatic rings. The minimum absolute atomic E-state index is 0.315. The van der Waals surface area contributed by atoms with Crippen molar-refractivity contribution < 1.29 is 4.39 Å². The maximum absolute atomic E-state index is 12.4. The summed E-state index contributed by atoms with van der Waals surface area (Å²) in [5.41, 5.74) is 6.36. The van der Waals surface area contributed by atoms with Crippen molar-refractivity contribution in [1.29, 1.82) is 0 Å². The number of nitrogen functional groups attached to an aromatic ring is 1. The third-order valence-corrected chi connectivity index (χ3v) is 2.14. The number of halogens is 1. The van der Waals surface area contributed by atoms with Crippen LogP contribution in [0.15, 0.2) is 6.07 Å². The van der Waals surface area contributed by atoms with Crippen LogP contribution in [0.3, 0.4) is 0 Å². The Morgan fingerprint density at radius 2 is 2.36 bits per heavy atom. The van der Waals surface area contributed by atoms with E-state index in [1.807, 2.05) is 0 Å². The molecule has 4 heteroatoms. The van der Waals surface area contributed by atoms with Crippen molar-refractivity contribution in [2.75, 3.05) is 5.73 Å². The number of hydrogen-bond acceptors (Lipinski definition) is 2. The molecule has 60 valence electrons. The third-order valence-electron chi connectivity index (χ3n) is 2.14. The zero-order valence-electron chi connectivity index (χ0n) is 6.05. The first-order valence-electron chi connectivity index (χ1n) is 3.70. The first kappa shape index (κ1) is 6.64. The molecule has 0 amide bonds. The van der Waals surface area contributed by atoms with Gasteiger partial charge in [-0.2, -0.15) is 5.10 Å². The van der Waals surface area contributed by atoms with E-state index in [1.54, 1.807) is 6.07 Å². The SMILES string of the molecule is Nc1cc(C2CC(F)C2)[nH]n1. The predicted molar refractivity (Wildman–Crippen MR) is 39.9 cm³/mol. The van der Waals surface area contributed by atoms with Crippen molar-refractivity contribution in [3.05, 3.63) is 11.8 Å². The van der Waals surface area contributed by atoms with Gasteiger partial charge in [-0.1, -0.05) is 0 Å². The molecule has 1 aromatic heterocycles. The Kier molecular flexibility index (Phi) is 1.34. The second kappa shape index (κ2) is 2.22. The minimum Gasteiger partial charge on any atom is -0.382 e. The van der Waals surface area contributed by atoms with E-state index in [0.717, 1.165) is 5.69 Å². The summed E-state index contributed by atoms with van der Waals surface area (Å²) in [4.78, 5) is 0. The van der Waals surface area contributed by atoms with Crippen molar-refractivity contribution in [3.8, 4) is 0 Å². The number of H-pyrrole nitrogens is 1. The number of aromatic amines is 1. The van der Waals surface area contributed by atoms with Gasteiger partial charge in [-0.05, 0) is 12.8 Å². The van der Waals surface area contributed by atoms with Crippen LogP contribution >= 0.6 is 0 Å². The third kappa shape index (κ3) is 1.08. The van der Waals surface area contributed by atoms with E-state index in [-0.39, 0.29) is 0 Å².